The molecule has 1 aliphatic heterocycles. The molecule has 2 aromatic rings. The summed E-state index contributed by atoms with van der Waals surface area (Å²) >= 11 is 3.26. The number of nitrogens with one attached hydrogen (secondary N) is 2. The van der Waals surface area contributed by atoms with Crippen molar-refractivity contribution in [3.05, 3.63) is 34.6 Å². The molecule has 0 radical (unpaired) electrons. The molecule has 1 aliphatic rings. The van der Waals surface area contributed by atoms with E-state index in [4.69, 9.17) is 4.42 Å². The second-order valence-corrected chi connectivity index (χ2v) is 7.25. The quantitative estimate of drug-likeness (QED) is 0.852. The second kappa shape index (κ2) is 5.74. The van der Waals surface area contributed by atoms with E-state index in [2.05, 4.69) is 36.2 Å². The zero-order valence-corrected chi connectivity index (χ0v) is 13.3. The molecule has 0 saturated carbocycles. The minimum Gasteiger partial charge on any atom is -0.406 e. The van der Waals surface area contributed by atoms with Gasteiger partial charge in [0.05, 0.1) is 10.9 Å². The van der Waals surface area contributed by atoms with Crippen molar-refractivity contribution in [3.8, 4) is 0 Å². The van der Waals surface area contributed by atoms with Crippen LogP contribution in [0.1, 0.15) is 24.8 Å². The van der Waals surface area contributed by atoms with Gasteiger partial charge in [0, 0.05) is 4.47 Å². The van der Waals surface area contributed by atoms with Crippen molar-refractivity contribution < 1.29 is 12.8 Å². The highest BCUT2D eigenvalue weighted by molar-refractivity contribution is 9.10. The maximum absolute atomic E-state index is 12.2. The third-order valence-corrected chi connectivity index (χ3v) is 5.01. The Labute approximate surface area is 130 Å². The van der Waals surface area contributed by atoms with Gasteiger partial charge in [-0.25, -0.2) is 13.1 Å². The smallest absolute Gasteiger partial charge is 0.329 e. The topological polar surface area (TPSA) is 97.1 Å². The normalized spacial score (nSPS) is 18.8. The predicted molar refractivity (Wildman–Crippen MR) is 79.2 cm³/mol. The Hall–Kier alpha value is -1.45. The highest BCUT2D eigenvalue weighted by atomic mass is 79.9. The molecule has 21 heavy (non-hydrogen) atoms. The molecule has 1 unspecified atom stereocenters. The second-order valence-electron chi connectivity index (χ2n) is 4.65. The molecule has 9 heteroatoms. The fraction of sp³-hybridized carbons (Fsp3) is 0.333. The number of anilines is 1. The van der Waals surface area contributed by atoms with Gasteiger partial charge >= 0.3 is 6.01 Å². The van der Waals surface area contributed by atoms with Crippen LogP contribution in [0.3, 0.4) is 0 Å². The van der Waals surface area contributed by atoms with Gasteiger partial charge in [-0.2, -0.15) is 0 Å². The molecule has 0 amide bonds. The molecule has 0 spiro atoms. The van der Waals surface area contributed by atoms with Crippen LogP contribution in [0, 0.1) is 0 Å². The standard InChI is InChI=1S/C12H13BrN4O3S/c13-8-3-5-9(6-4-8)21(18,19)17-12-16-15-11(20-12)10-2-1-7-14-10/h3-6,10,14H,1-2,7H2,(H,16,17). The molecule has 1 saturated heterocycles. The van der Waals surface area contributed by atoms with Crippen molar-refractivity contribution in [1.82, 2.24) is 15.5 Å². The molecule has 0 aliphatic carbocycles. The summed E-state index contributed by atoms with van der Waals surface area (Å²) in [5, 5.41) is 10.8. The van der Waals surface area contributed by atoms with Crippen LogP contribution >= 0.6 is 15.9 Å². The third-order valence-electron chi connectivity index (χ3n) is 3.14. The van der Waals surface area contributed by atoms with Crippen LogP contribution in [0.2, 0.25) is 0 Å². The van der Waals surface area contributed by atoms with Crippen LogP contribution in [0.25, 0.3) is 0 Å². The van der Waals surface area contributed by atoms with Gasteiger partial charge in [-0.1, -0.05) is 21.0 Å². The Kier molecular flexibility index (Phi) is 3.96. The first-order valence-corrected chi connectivity index (χ1v) is 8.67. The molecule has 2 heterocycles. The Morgan fingerprint density at radius 2 is 2.05 bits per heavy atom. The zero-order chi connectivity index (χ0) is 14.9. The van der Waals surface area contributed by atoms with Gasteiger partial charge in [0.2, 0.25) is 5.89 Å². The average molecular weight is 373 g/mol. The molecule has 1 aromatic carbocycles. The van der Waals surface area contributed by atoms with E-state index >= 15 is 0 Å². The van der Waals surface area contributed by atoms with Crippen molar-refractivity contribution in [2.24, 2.45) is 0 Å². The molecule has 3 rings (SSSR count). The summed E-state index contributed by atoms with van der Waals surface area (Å²) in [7, 11) is -3.73. The summed E-state index contributed by atoms with van der Waals surface area (Å²) in [5.74, 6) is 0.404. The number of hydrogen-bond acceptors (Lipinski definition) is 6. The maximum atomic E-state index is 12.2. The van der Waals surface area contributed by atoms with Gasteiger partial charge in [0.1, 0.15) is 0 Å². The Morgan fingerprint density at radius 3 is 2.71 bits per heavy atom. The Balaban J connectivity index is 1.77. The lowest BCUT2D eigenvalue weighted by molar-refractivity contribution is 0.439. The van der Waals surface area contributed by atoms with Crippen LogP contribution in [0.4, 0.5) is 6.01 Å². The Bertz CT molecular complexity index is 723. The van der Waals surface area contributed by atoms with Crippen molar-refractivity contribution in [2.45, 2.75) is 23.8 Å². The molecule has 1 atom stereocenters. The molecule has 112 valence electrons. The predicted octanol–water partition coefficient (Wildman–Crippen LogP) is 2.06. The van der Waals surface area contributed by atoms with Crippen LogP contribution in [0.15, 0.2) is 38.1 Å². The average Bonchev–Trinajstić information content (AvgIpc) is 3.09. The number of benzene rings is 1. The van der Waals surface area contributed by atoms with Crippen LogP contribution < -0.4 is 10.0 Å². The number of sulfonamides is 1. The summed E-state index contributed by atoms with van der Waals surface area (Å²) in [6.45, 7) is 0.896. The van der Waals surface area contributed by atoms with E-state index < -0.39 is 10.0 Å². The molecular formula is C12H13BrN4O3S. The highest BCUT2D eigenvalue weighted by Crippen LogP contribution is 2.24. The van der Waals surface area contributed by atoms with E-state index in [0.29, 0.717) is 5.89 Å². The van der Waals surface area contributed by atoms with Crippen molar-refractivity contribution in [2.75, 3.05) is 11.3 Å². The number of halogens is 1. The molecule has 1 aromatic heterocycles. The third kappa shape index (κ3) is 3.25. The Morgan fingerprint density at radius 1 is 1.29 bits per heavy atom. The number of aromatic nitrogens is 2. The zero-order valence-electron chi connectivity index (χ0n) is 10.9. The minimum absolute atomic E-state index is 0.00318. The molecule has 7 nitrogen and oxygen atoms in total. The highest BCUT2D eigenvalue weighted by Gasteiger charge is 2.24. The van der Waals surface area contributed by atoms with Gasteiger partial charge < -0.3 is 9.73 Å². The lowest BCUT2D eigenvalue weighted by Gasteiger charge is -2.05. The molecule has 1 fully saturated rings. The molecule has 2 N–H and O–H groups in total. The lowest BCUT2D eigenvalue weighted by atomic mass is 10.2. The van der Waals surface area contributed by atoms with Crippen molar-refractivity contribution in [3.63, 3.8) is 0 Å². The van der Waals surface area contributed by atoms with E-state index in [9.17, 15) is 8.42 Å². The van der Waals surface area contributed by atoms with Gasteiger partial charge in [0.25, 0.3) is 10.0 Å². The SMILES string of the molecule is O=S(=O)(Nc1nnc(C2CCCN2)o1)c1ccc(Br)cc1. The largest absolute Gasteiger partial charge is 0.406 e. The van der Waals surface area contributed by atoms with E-state index in [1.807, 2.05) is 0 Å². The lowest BCUT2D eigenvalue weighted by Crippen LogP contribution is -2.13. The fourth-order valence-electron chi connectivity index (χ4n) is 2.10. The first-order valence-electron chi connectivity index (χ1n) is 6.40. The van der Waals surface area contributed by atoms with Gasteiger partial charge in [0.15, 0.2) is 0 Å². The summed E-state index contributed by atoms with van der Waals surface area (Å²) < 4.78 is 32.8. The van der Waals surface area contributed by atoms with Crippen LogP contribution in [-0.2, 0) is 10.0 Å². The number of rotatable bonds is 4. The van der Waals surface area contributed by atoms with Crippen LogP contribution in [0.5, 0.6) is 0 Å². The molecule has 0 bridgehead atoms. The first-order chi connectivity index (χ1) is 10.0. The summed E-state index contributed by atoms with van der Waals surface area (Å²) in [6.07, 6.45) is 1.94. The molecular weight excluding hydrogens is 360 g/mol. The van der Waals surface area contributed by atoms with Crippen LogP contribution in [-0.4, -0.2) is 25.2 Å². The van der Waals surface area contributed by atoms with E-state index in [-0.39, 0.29) is 17.0 Å². The number of hydrogen-bond donors (Lipinski definition) is 2. The summed E-state index contributed by atoms with van der Waals surface area (Å²) in [6, 6.07) is 6.15. The summed E-state index contributed by atoms with van der Waals surface area (Å²) in [4.78, 5) is 0.129. The van der Waals surface area contributed by atoms with Crippen molar-refractivity contribution >= 4 is 32.0 Å². The monoisotopic (exact) mass is 372 g/mol. The van der Waals surface area contributed by atoms with E-state index in [1.54, 1.807) is 12.1 Å². The maximum Gasteiger partial charge on any atom is 0.329 e. The van der Waals surface area contributed by atoms with Gasteiger partial charge in [-0.3, -0.25) is 0 Å². The number of nitrogens with zero attached hydrogens (tertiary/aromatic N) is 2. The van der Waals surface area contributed by atoms with Crippen molar-refractivity contribution in [1.29, 1.82) is 0 Å². The fourth-order valence-corrected chi connectivity index (χ4v) is 3.29. The van der Waals surface area contributed by atoms with Gasteiger partial charge in [-0.05, 0) is 43.7 Å². The first kappa shape index (κ1) is 14.5. The summed E-state index contributed by atoms with van der Waals surface area (Å²) in [5.41, 5.74) is 0. The van der Waals surface area contributed by atoms with E-state index in [1.165, 1.54) is 12.1 Å². The minimum atomic E-state index is -3.73. The van der Waals surface area contributed by atoms with E-state index in [0.717, 1.165) is 23.9 Å². The van der Waals surface area contributed by atoms with Gasteiger partial charge in [-0.15, -0.1) is 5.10 Å².